The second kappa shape index (κ2) is 5.21. The summed E-state index contributed by atoms with van der Waals surface area (Å²) in [7, 11) is 1.61. The summed E-state index contributed by atoms with van der Waals surface area (Å²) in [6, 6.07) is 11.6. The molecule has 0 amide bonds. The topological polar surface area (TPSA) is 76.1 Å². The molecule has 2 aromatic heterocycles. The summed E-state index contributed by atoms with van der Waals surface area (Å²) in [6.45, 7) is 1.88. The van der Waals surface area contributed by atoms with Crippen LogP contribution in [0.3, 0.4) is 0 Å². The molecule has 0 saturated carbocycles. The predicted octanol–water partition coefficient (Wildman–Crippen LogP) is 2.10. The molecular formula is C15H13N5O. The maximum atomic E-state index is 9.58. The zero-order chi connectivity index (χ0) is 14.8. The second-order valence-corrected chi connectivity index (χ2v) is 4.63. The van der Waals surface area contributed by atoms with Crippen molar-refractivity contribution in [1.29, 1.82) is 5.26 Å². The summed E-state index contributed by atoms with van der Waals surface area (Å²) in [5.41, 5.74) is 2.43. The fraction of sp³-hybridized carbons (Fsp3) is 0.200. The van der Waals surface area contributed by atoms with Gasteiger partial charge in [0, 0.05) is 5.69 Å². The summed E-state index contributed by atoms with van der Waals surface area (Å²) in [5.74, 6) is 0.813. The fourth-order valence-electron chi connectivity index (χ4n) is 2.27. The molecular weight excluding hydrogens is 266 g/mol. The molecule has 2 heterocycles. The number of aryl methyl sites for hydroxylation is 1. The van der Waals surface area contributed by atoms with E-state index in [1.54, 1.807) is 11.6 Å². The summed E-state index contributed by atoms with van der Waals surface area (Å²) in [4.78, 5) is 8.38. The van der Waals surface area contributed by atoms with Crippen molar-refractivity contribution in [1.82, 2.24) is 19.6 Å². The van der Waals surface area contributed by atoms with Gasteiger partial charge in [-0.15, -0.1) is 0 Å². The number of fused-ring (bicyclic) bond motifs is 1. The van der Waals surface area contributed by atoms with Crippen LogP contribution < -0.4 is 4.74 Å². The number of rotatable bonds is 3. The minimum Gasteiger partial charge on any atom is -0.497 e. The van der Waals surface area contributed by atoms with E-state index >= 15 is 0 Å². The molecule has 0 saturated heterocycles. The number of nitrogens with zero attached hydrogens (tertiary/aromatic N) is 5. The van der Waals surface area contributed by atoms with Crippen LogP contribution in [0.4, 0.5) is 0 Å². The lowest BCUT2D eigenvalue weighted by Gasteiger charge is -2.12. The van der Waals surface area contributed by atoms with E-state index in [0.717, 1.165) is 22.7 Å². The quantitative estimate of drug-likeness (QED) is 0.733. The number of aromatic nitrogens is 4. The average Bonchev–Trinajstić information content (AvgIpc) is 2.96. The number of hydrogen-bond acceptors (Lipinski definition) is 5. The smallest absolute Gasteiger partial charge is 0.252 e. The molecule has 0 spiro atoms. The third kappa shape index (κ3) is 2.30. The molecule has 104 valence electrons. The molecule has 6 heteroatoms. The molecule has 1 atom stereocenters. The number of nitriles is 1. The first kappa shape index (κ1) is 13.1. The minimum atomic E-state index is -0.443. The van der Waals surface area contributed by atoms with Crippen molar-refractivity contribution >= 4 is 5.78 Å². The number of ether oxygens (including phenoxy) is 1. The number of benzene rings is 1. The SMILES string of the molecule is COc1ccc(C(C#N)c2cc(C)nc3ncnn23)cc1. The Morgan fingerprint density at radius 2 is 2.05 bits per heavy atom. The lowest BCUT2D eigenvalue weighted by Crippen LogP contribution is -2.08. The van der Waals surface area contributed by atoms with Crippen LogP contribution in [0, 0.1) is 18.3 Å². The maximum Gasteiger partial charge on any atom is 0.252 e. The molecule has 0 bridgehead atoms. The predicted molar refractivity (Wildman–Crippen MR) is 76.0 cm³/mol. The molecule has 3 aromatic rings. The van der Waals surface area contributed by atoms with E-state index in [9.17, 15) is 5.26 Å². The van der Waals surface area contributed by atoms with Crippen LogP contribution in [0.5, 0.6) is 5.75 Å². The summed E-state index contributed by atoms with van der Waals surface area (Å²) in [5, 5.41) is 13.7. The van der Waals surface area contributed by atoms with Gasteiger partial charge in [0.25, 0.3) is 5.78 Å². The van der Waals surface area contributed by atoms with E-state index in [1.165, 1.54) is 6.33 Å². The number of hydrogen-bond donors (Lipinski definition) is 0. The Bertz CT molecular complexity index is 816. The highest BCUT2D eigenvalue weighted by molar-refractivity contribution is 5.41. The second-order valence-electron chi connectivity index (χ2n) is 4.63. The lowest BCUT2D eigenvalue weighted by molar-refractivity contribution is 0.414. The molecule has 0 aliphatic heterocycles. The van der Waals surface area contributed by atoms with Gasteiger partial charge in [-0.1, -0.05) is 12.1 Å². The van der Waals surface area contributed by atoms with Crippen LogP contribution in [-0.2, 0) is 0 Å². The minimum absolute atomic E-state index is 0.443. The van der Waals surface area contributed by atoms with Crippen molar-refractivity contribution in [2.45, 2.75) is 12.8 Å². The number of methoxy groups -OCH3 is 1. The molecule has 0 aliphatic carbocycles. The average molecular weight is 279 g/mol. The first-order chi connectivity index (χ1) is 10.2. The van der Waals surface area contributed by atoms with Crippen molar-refractivity contribution in [3.63, 3.8) is 0 Å². The highest BCUT2D eigenvalue weighted by Crippen LogP contribution is 2.26. The van der Waals surface area contributed by atoms with Crippen molar-refractivity contribution in [2.24, 2.45) is 0 Å². The Hall–Kier alpha value is -2.94. The molecule has 3 rings (SSSR count). The van der Waals surface area contributed by atoms with Gasteiger partial charge in [0.1, 0.15) is 18.0 Å². The Kier molecular flexibility index (Phi) is 3.24. The first-order valence-electron chi connectivity index (χ1n) is 6.44. The first-order valence-corrected chi connectivity index (χ1v) is 6.44. The molecule has 1 aromatic carbocycles. The Morgan fingerprint density at radius 1 is 1.29 bits per heavy atom. The van der Waals surface area contributed by atoms with Gasteiger partial charge in [-0.3, -0.25) is 0 Å². The van der Waals surface area contributed by atoms with Gasteiger partial charge in [0.15, 0.2) is 0 Å². The van der Waals surface area contributed by atoms with Gasteiger partial charge >= 0.3 is 0 Å². The maximum absolute atomic E-state index is 9.58. The van der Waals surface area contributed by atoms with E-state index in [1.807, 2.05) is 37.3 Å². The van der Waals surface area contributed by atoms with E-state index in [0.29, 0.717) is 5.78 Å². The van der Waals surface area contributed by atoms with E-state index in [-0.39, 0.29) is 0 Å². The molecule has 6 nitrogen and oxygen atoms in total. The van der Waals surface area contributed by atoms with Crippen molar-refractivity contribution in [3.8, 4) is 11.8 Å². The third-order valence-corrected chi connectivity index (χ3v) is 3.28. The molecule has 1 unspecified atom stereocenters. The summed E-state index contributed by atoms with van der Waals surface area (Å²) >= 11 is 0. The highest BCUT2D eigenvalue weighted by Gasteiger charge is 2.19. The van der Waals surface area contributed by atoms with Crippen molar-refractivity contribution in [3.05, 3.63) is 53.6 Å². The monoisotopic (exact) mass is 279 g/mol. The van der Waals surface area contributed by atoms with Crippen LogP contribution >= 0.6 is 0 Å². The van der Waals surface area contributed by atoms with Gasteiger partial charge < -0.3 is 4.74 Å². The lowest BCUT2D eigenvalue weighted by atomic mass is 9.96. The van der Waals surface area contributed by atoms with Crippen LogP contribution in [0.1, 0.15) is 22.9 Å². The van der Waals surface area contributed by atoms with Gasteiger partial charge in [-0.2, -0.15) is 19.9 Å². The van der Waals surface area contributed by atoms with E-state index < -0.39 is 5.92 Å². The summed E-state index contributed by atoms with van der Waals surface area (Å²) in [6.07, 6.45) is 1.44. The molecule has 0 radical (unpaired) electrons. The molecule has 0 fully saturated rings. The van der Waals surface area contributed by atoms with Gasteiger partial charge in [-0.05, 0) is 30.7 Å². The standard InChI is InChI=1S/C15H13N5O/c1-10-7-14(20-15(19-10)17-9-18-20)13(8-16)11-3-5-12(21-2)6-4-11/h3-7,9,13H,1-2H3. The van der Waals surface area contributed by atoms with Crippen LogP contribution in [0.25, 0.3) is 5.78 Å². The highest BCUT2D eigenvalue weighted by atomic mass is 16.5. The third-order valence-electron chi connectivity index (χ3n) is 3.28. The zero-order valence-electron chi connectivity index (χ0n) is 11.7. The Balaban J connectivity index is 2.13. The Morgan fingerprint density at radius 3 is 2.71 bits per heavy atom. The largest absolute Gasteiger partial charge is 0.497 e. The zero-order valence-corrected chi connectivity index (χ0v) is 11.7. The van der Waals surface area contributed by atoms with Crippen LogP contribution in [0.2, 0.25) is 0 Å². The van der Waals surface area contributed by atoms with Crippen molar-refractivity contribution in [2.75, 3.05) is 7.11 Å². The Labute approximate surface area is 121 Å². The van der Waals surface area contributed by atoms with E-state index in [2.05, 4.69) is 21.1 Å². The van der Waals surface area contributed by atoms with Crippen LogP contribution in [-0.4, -0.2) is 26.7 Å². The van der Waals surface area contributed by atoms with E-state index in [4.69, 9.17) is 4.74 Å². The normalized spacial score (nSPS) is 12.0. The van der Waals surface area contributed by atoms with Gasteiger partial charge in [0.05, 0.1) is 18.9 Å². The van der Waals surface area contributed by atoms with Gasteiger partial charge in [-0.25, -0.2) is 4.98 Å². The molecule has 21 heavy (non-hydrogen) atoms. The van der Waals surface area contributed by atoms with Gasteiger partial charge in [0.2, 0.25) is 0 Å². The molecule has 0 aliphatic rings. The fourth-order valence-corrected chi connectivity index (χ4v) is 2.27. The molecule has 0 N–H and O–H groups in total. The van der Waals surface area contributed by atoms with Crippen LogP contribution in [0.15, 0.2) is 36.7 Å². The summed E-state index contributed by atoms with van der Waals surface area (Å²) < 4.78 is 6.75. The van der Waals surface area contributed by atoms with Crippen molar-refractivity contribution < 1.29 is 4.74 Å².